The highest BCUT2D eigenvalue weighted by molar-refractivity contribution is 4.75. The van der Waals surface area contributed by atoms with Gasteiger partial charge in [0.2, 0.25) is 0 Å². The van der Waals surface area contributed by atoms with Crippen LogP contribution in [0, 0.1) is 5.92 Å². The van der Waals surface area contributed by atoms with Gasteiger partial charge in [0.25, 0.3) is 0 Å². The van der Waals surface area contributed by atoms with Crippen molar-refractivity contribution >= 4 is 0 Å². The first-order valence-corrected chi connectivity index (χ1v) is 7.64. The van der Waals surface area contributed by atoms with Gasteiger partial charge in [0.1, 0.15) is 0 Å². The van der Waals surface area contributed by atoms with Crippen LogP contribution in [0.15, 0.2) is 12.7 Å². The van der Waals surface area contributed by atoms with Crippen molar-refractivity contribution in [2.75, 3.05) is 6.54 Å². The number of nitrogens with one attached hydrogen (secondary N) is 1. The van der Waals surface area contributed by atoms with Gasteiger partial charge >= 0.3 is 0 Å². The molecule has 0 fully saturated rings. The van der Waals surface area contributed by atoms with Crippen LogP contribution >= 0.6 is 0 Å². The Hall–Kier alpha value is -0.300. The number of hydrogen-bond donors (Lipinski definition) is 1. The fourth-order valence-corrected chi connectivity index (χ4v) is 2.52. The molecule has 0 amide bonds. The summed E-state index contributed by atoms with van der Waals surface area (Å²) in [4.78, 5) is 0. The Morgan fingerprint density at radius 3 is 2.29 bits per heavy atom. The van der Waals surface area contributed by atoms with Crippen molar-refractivity contribution in [3.05, 3.63) is 12.7 Å². The molecule has 0 saturated heterocycles. The summed E-state index contributed by atoms with van der Waals surface area (Å²) in [7, 11) is 0. The minimum Gasteiger partial charge on any atom is -0.314 e. The predicted octanol–water partition coefficient (Wildman–Crippen LogP) is 4.93. The van der Waals surface area contributed by atoms with Crippen molar-refractivity contribution in [2.45, 2.75) is 78.2 Å². The molecule has 0 heterocycles. The molecule has 0 rings (SSSR count). The molecule has 17 heavy (non-hydrogen) atoms. The van der Waals surface area contributed by atoms with E-state index in [4.69, 9.17) is 0 Å². The van der Waals surface area contributed by atoms with E-state index in [1.165, 1.54) is 57.9 Å². The Morgan fingerprint density at radius 1 is 1.06 bits per heavy atom. The number of allylic oxidation sites excluding steroid dienone is 1. The van der Waals surface area contributed by atoms with Crippen LogP contribution in [0.25, 0.3) is 0 Å². The van der Waals surface area contributed by atoms with Crippen molar-refractivity contribution in [1.29, 1.82) is 0 Å². The van der Waals surface area contributed by atoms with E-state index < -0.39 is 0 Å². The second-order valence-electron chi connectivity index (χ2n) is 5.06. The fraction of sp³-hybridized carbons (Fsp3) is 0.875. The topological polar surface area (TPSA) is 12.0 Å². The lowest BCUT2D eigenvalue weighted by Gasteiger charge is -2.26. The van der Waals surface area contributed by atoms with Crippen LogP contribution in [0.5, 0.6) is 0 Å². The molecular formula is C16H33N. The second kappa shape index (κ2) is 12.2. The summed E-state index contributed by atoms with van der Waals surface area (Å²) in [6, 6.07) is 0.744. The zero-order chi connectivity index (χ0) is 12.9. The predicted molar refractivity (Wildman–Crippen MR) is 79.4 cm³/mol. The number of unbranched alkanes of at least 4 members (excludes halogenated alkanes) is 3. The summed E-state index contributed by atoms with van der Waals surface area (Å²) in [5, 5.41) is 3.74. The van der Waals surface area contributed by atoms with Gasteiger partial charge in [-0.25, -0.2) is 0 Å². The van der Waals surface area contributed by atoms with E-state index in [9.17, 15) is 0 Å². The molecule has 1 atom stereocenters. The standard InChI is InChI=1S/C16H33N/c1-5-9-10-11-12-13-16(17-14-6-2)15(7-3)8-4/h5,15-17H,1,6-14H2,2-4H3. The molecule has 1 heteroatoms. The normalized spacial score (nSPS) is 12.9. The molecule has 0 aliphatic carbocycles. The Labute approximate surface area is 109 Å². The summed E-state index contributed by atoms with van der Waals surface area (Å²) in [6.07, 6.45) is 12.5. The molecule has 0 bridgehead atoms. The molecule has 1 nitrogen and oxygen atoms in total. The Kier molecular flexibility index (Phi) is 12.0. The molecule has 0 aromatic heterocycles. The average Bonchev–Trinajstić information content (AvgIpc) is 2.36. The van der Waals surface area contributed by atoms with Crippen LogP contribution in [0.2, 0.25) is 0 Å². The fourth-order valence-electron chi connectivity index (χ4n) is 2.52. The van der Waals surface area contributed by atoms with Gasteiger partial charge in [-0.1, -0.05) is 52.5 Å². The van der Waals surface area contributed by atoms with Crippen molar-refractivity contribution in [2.24, 2.45) is 5.92 Å². The van der Waals surface area contributed by atoms with Gasteiger partial charge in [0, 0.05) is 6.04 Å². The van der Waals surface area contributed by atoms with Crippen LogP contribution in [0.1, 0.15) is 72.1 Å². The first kappa shape index (κ1) is 16.7. The van der Waals surface area contributed by atoms with E-state index in [-0.39, 0.29) is 0 Å². The van der Waals surface area contributed by atoms with Gasteiger partial charge in [0.05, 0.1) is 0 Å². The van der Waals surface area contributed by atoms with Crippen molar-refractivity contribution in [1.82, 2.24) is 5.32 Å². The van der Waals surface area contributed by atoms with E-state index in [1.54, 1.807) is 0 Å². The molecule has 0 aliphatic heterocycles. The molecule has 0 saturated carbocycles. The van der Waals surface area contributed by atoms with E-state index >= 15 is 0 Å². The Morgan fingerprint density at radius 2 is 1.76 bits per heavy atom. The number of rotatable bonds is 12. The quantitative estimate of drug-likeness (QED) is 0.376. The Bertz CT molecular complexity index is 161. The maximum Gasteiger partial charge on any atom is 0.00951 e. The lowest BCUT2D eigenvalue weighted by molar-refractivity contribution is 0.310. The van der Waals surface area contributed by atoms with Gasteiger partial charge in [-0.3, -0.25) is 0 Å². The van der Waals surface area contributed by atoms with Crippen molar-refractivity contribution in [3.63, 3.8) is 0 Å². The third kappa shape index (κ3) is 8.43. The molecule has 0 aromatic carbocycles. The Balaban J connectivity index is 3.87. The first-order chi connectivity index (χ1) is 8.29. The third-order valence-electron chi connectivity index (χ3n) is 3.70. The summed E-state index contributed by atoms with van der Waals surface area (Å²) >= 11 is 0. The smallest absolute Gasteiger partial charge is 0.00951 e. The van der Waals surface area contributed by atoms with Crippen LogP contribution in [0.4, 0.5) is 0 Å². The van der Waals surface area contributed by atoms with E-state index in [1.807, 2.05) is 6.08 Å². The zero-order valence-corrected chi connectivity index (χ0v) is 12.3. The van der Waals surface area contributed by atoms with Gasteiger partial charge in [-0.05, 0) is 38.1 Å². The van der Waals surface area contributed by atoms with E-state index in [0.29, 0.717) is 0 Å². The maximum atomic E-state index is 3.78. The summed E-state index contributed by atoms with van der Waals surface area (Å²) < 4.78 is 0. The highest BCUT2D eigenvalue weighted by Gasteiger charge is 2.16. The van der Waals surface area contributed by atoms with Crippen LogP contribution < -0.4 is 5.32 Å². The van der Waals surface area contributed by atoms with Gasteiger partial charge in [-0.2, -0.15) is 0 Å². The zero-order valence-electron chi connectivity index (χ0n) is 12.3. The average molecular weight is 239 g/mol. The van der Waals surface area contributed by atoms with Crippen LogP contribution in [-0.4, -0.2) is 12.6 Å². The van der Waals surface area contributed by atoms with Crippen LogP contribution in [0.3, 0.4) is 0 Å². The number of hydrogen-bond acceptors (Lipinski definition) is 1. The molecule has 0 spiro atoms. The SMILES string of the molecule is C=CCCCCCC(NCCC)C(CC)CC. The molecule has 1 N–H and O–H groups in total. The maximum absolute atomic E-state index is 3.78. The van der Waals surface area contributed by atoms with Crippen molar-refractivity contribution < 1.29 is 0 Å². The van der Waals surface area contributed by atoms with Gasteiger partial charge in [0.15, 0.2) is 0 Å². The highest BCUT2D eigenvalue weighted by Crippen LogP contribution is 2.18. The minimum atomic E-state index is 0.744. The molecule has 0 aromatic rings. The lowest BCUT2D eigenvalue weighted by Crippen LogP contribution is -2.36. The monoisotopic (exact) mass is 239 g/mol. The third-order valence-corrected chi connectivity index (χ3v) is 3.70. The summed E-state index contributed by atoms with van der Waals surface area (Å²) in [5.41, 5.74) is 0. The highest BCUT2D eigenvalue weighted by atomic mass is 14.9. The molecular weight excluding hydrogens is 206 g/mol. The van der Waals surface area contributed by atoms with Crippen LogP contribution in [-0.2, 0) is 0 Å². The summed E-state index contributed by atoms with van der Waals surface area (Å²) in [6.45, 7) is 11.9. The largest absolute Gasteiger partial charge is 0.314 e. The van der Waals surface area contributed by atoms with E-state index in [0.717, 1.165) is 12.0 Å². The van der Waals surface area contributed by atoms with Gasteiger partial charge < -0.3 is 5.32 Å². The minimum absolute atomic E-state index is 0.744. The molecule has 0 radical (unpaired) electrons. The molecule has 102 valence electrons. The molecule has 0 aliphatic rings. The first-order valence-electron chi connectivity index (χ1n) is 7.64. The van der Waals surface area contributed by atoms with Gasteiger partial charge in [-0.15, -0.1) is 6.58 Å². The lowest BCUT2D eigenvalue weighted by atomic mass is 9.90. The summed E-state index contributed by atoms with van der Waals surface area (Å²) in [5.74, 6) is 0.862. The van der Waals surface area contributed by atoms with Crippen molar-refractivity contribution in [3.8, 4) is 0 Å². The second-order valence-corrected chi connectivity index (χ2v) is 5.06. The van der Waals surface area contributed by atoms with E-state index in [2.05, 4.69) is 32.7 Å². The molecule has 1 unspecified atom stereocenters.